The largest absolute Gasteiger partial charge is 0.464 e. The maximum absolute atomic E-state index is 14.0. The summed E-state index contributed by atoms with van der Waals surface area (Å²) < 4.78 is 63.9. The molecule has 9 N–H and O–H groups in total. The number of nitrogens with two attached hydrogens (primary N) is 2. The monoisotopic (exact) mass is 1110 g/mol. The molecule has 4 atom stereocenters. The van der Waals surface area contributed by atoms with Gasteiger partial charge in [-0.1, -0.05) is 71.6 Å². The third-order valence-electron chi connectivity index (χ3n) is 13.6. The summed E-state index contributed by atoms with van der Waals surface area (Å²) in [6.45, 7) is 12.0. The molecular weight excluding hydrogens is 1040 g/mol. The fourth-order valence-electron chi connectivity index (χ4n) is 9.02. The van der Waals surface area contributed by atoms with Crippen molar-refractivity contribution in [2.45, 2.75) is 118 Å². The molecule has 3 aliphatic rings. The van der Waals surface area contributed by atoms with Crippen molar-refractivity contribution in [1.29, 1.82) is 0 Å². The fraction of sp³-hybridized carbons (Fsp3) is 0.560. The third kappa shape index (κ3) is 15.0. The Kier molecular flexibility index (Phi) is 19.5. The Morgan fingerprint density at radius 1 is 0.805 bits per heavy atom. The van der Waals surface area contributed by atoms with Crippen LogP contribution in [0.15, 0.2) is 63.7 Å². The second-order valence-corrected chi connectivity index (χ2v) is 23.5. The van der Waals surface area contributed by atoms with E-state index in [0.717, 1.165) is 62.5 Å². The first-order valence-corrected chi connectivity index (χ1v) is 29.1. The van der Waals surface area contributed by atoms with Crippen molar-refractivity contribution < 1.29 is 51.4 Å². The highest BCUT2D eigenvalue weighted by Crippen LogP contribution is 2.62. The average Bonchev–Trinajstić information content (AvgIpc) is 4.17. The van der Waals surface area contributed by atoms with Gasteiger partial charge in [0.2, 0.25) is 11.9 Å². The van der Waals surface area contributed by atoms with Gasteiger partial charge in [0.15, 0.2) is 22.3 Å². The molecule has 1 aliphatic heterocycles. The minimum Gasteiger partial charge on any atom is -0.464 e. The van der Waals surface area contributed by atoms with Crippen LogP contribution in [0, 0.1) is 22.7 Å². The number of imidazole rings is 2. The summed E-state index contributed by atoms with van der Waals surface area (Å²) in [5.41, 5.74) is 11.8. The number of carbonyl (C=O) groups is 2. The van der Waals surface area contributed by atoms with Gasteiger partial charge in [0.1, 0.15) is 30.5 Å². The molecule has 0 unspecified atom stereocenters. The van der Waals surface area contributed by atoms with Gasteiger partial charge in [-0.05, 0) is 87.5 Å². The first kappa shape index (κ1) is 58.6. The Balaban J connectivity index is 0.000000227. The Morgan fingerprint density at radius 3 is 1.79 bits per heavy atom. The van der Waals surface area contributed by atoms with Crippen molar-refractivity contribution in [3.8, 4) is 5.75 Å². The lowest BCUT2D eigenvalue weighted by Crippen LogP contribution is -2.38. The molecule has 1 saturated heterocycles. The van der Waals surface area contributed by atoms with Crippen LogP contribution in [0.4, 0.5) is 11.9 Å². The summed E-state index contributed by atoms with van der Waals surface area (Å²) in [7, 11) is -7.78. The lowest BCUT2D eigenvalue weighted by Gasteiger charge is -2.30. The first-order chi connectivity index (χ1) is 36.8. The Morgan fingerprint density at radius 2 is 1.30 bits per heavy atom. The predicted molar refractivity (Wildman–Crippen MR) is 289 cm³/mol. The normalized spacial score (nSPS) is 22.5. The number of nitrogen functional groups attached to an aromatic ring is 2. The highest BCUT2D eigenvalue weighted by atomic mass is 31.2. The van der Waals surface area contributed by atoms with Crippen molar-refractivity contribution in [2.24, 2.45) is 22.7 Å². The Labute approximate surface area is 445 Å². The van der Waals surface area contributed by atoms with E-state index in [1.54, 1.807) is 54.2 Å². The van der Waals surface area contributed by atoms with Crippen LogP contribution in [0.5, 0.6) is 5.75 Å². The van der Waals surface area contributed by atoms with Crippen molar-refractivity contribution in [1.82, 2.24) is 49.2 Å². The van der Waals surface area contributed by atoms with Crippen molar-refractivity contribution >= 4 is 74.1 Å². The second kappa shape index (κ2) is 25.6. The van der Waals surface area contributed by atoms with Gasteiger partial charge in [0.25, 0.3) is 11.1 Å². The number of aromatic nitrogens is 8. The number of aromatic amines is 2. The summed E-state index contributed by atoms with van der Waals surface area (Å²) in [5.74, 6) is -0.217. The number of rotatable bonds is 26. The minimum atomic E-state index is -4.13. The summed E-state index contributed by atoms with van der Waals surface area (Å²) in [6.07, 6.45) is 15.4. The van der Waals surface area contributed by atoms with Crippen LogP contribution < -0.4 is 37.3 Å². The van der Waals surface area contributed by atoms with Crippen LogP contribution in [0.3, 0.4) is 0 Å². The number of H-pyrrole nitrogens is 2. The number of para-hydroxylation sites is 1. The van der Waals surface area contributed by atoms with Gasteiger partial charge in [0, 0.05) is 23.2 Å². The van der Waals surface area contributed by atoms with Crippen LogP contribution in [0.25, 0.3) is 34.7 Å². The van der Waals surface area contributed by atoms with E-state index in [-0.39, 0.29) is 73.3 Å². The van der Waals surface area contributed by atoms with Gasteiger partial charge in [-0.3, -0.25) is 51.9 Å². The lowest BCUT2D eigenvalue weighted by molar-refractivity contribution is -0.147. The topological polar surface area (TPSA) is 347 Å². The van der Waals surface area contributed by atoms with Gasteiger partial charge < -0.3 is 30.6 Å². The highest BCUT2D eigenvalue weighted by Gasteiger charge is 2.56. The number of carbonyl (C=O) groups excluding carboxylic acids is 2. The zero-order chi connectivity index (χ0) is 55.5. The molecule has 420 valence electrons. The zero-order valence-electron chi connectivity index (χ0n) is 44.4. The van der Waals surface area contributed by atoms with Gasteiger partial charge in [0.05, 0.1) is 39.6 Å². The Hall–Kier alpha value is -6.04. The highest BCUT2D eigenvalue weighted by molar-refractivity contribution is 7.52. The van der Waals surface area contributed by atoms with E-state index < -0.39 is 61.5 Å². The number of aliphatic hydroxyl groups is 1. The molecule has 3 fully saturated rings. The number of fused-ring (bicyclic) bond motifs is 2. The molecule has 1 aromatic carbocycles. The number of hydrogen-bond acceptors (Lipinski definition) is 19. The quantitative estimate of drug-likeness (QED) is 0.0224. The van der Waals surface area contributed by atoms with Crippen LogP contribution in [0.2, 0.25) is 0 Å². The second-order valence-electron chi connectivity index (χ2n) is 20.0. The predicted octanol–water partition coefficient (Wildman–Crippen LogP) is 6.69. The average molecular weight is 1110 g/mol. The van der Waals surface area contributed by atoms with Crippen LogP contribution in [0.1, 0.15) is 106 Å². The number of hydrogen-bond donors (Lipinski definition) is 7. The maximum atomic E-state index is 14.0. The number of benzene rings is 1. The molecule has 1 spiro atoms. The summed E-state index contributed by atoms with van der Waals surface area (Å²) in [5, 5.41) is 15.7. The van der Waals surface area contributed by atoms with E-state index in [1.165, 1.54) is 24.1 Å². The Bertz CT molecular complexity index is 3120. The van der Waals surface area contributed by atoms with Gasteiger partial charge in [-0.25, -0.2) is 24.2 Å². The molecule has 0 radical (unpaired) electrons. The summed E-state index contributed by atoms with van der Waals surface area (Å²) in [4.78, 5) is 70.6. The number of ether oxygens (including phenoxy) is 2. The molecule has 2 saturated carbocycles. The molecule has 25 nitrogen and oxygen atoms in total. The molecule has 5 heterocycles. The first-order valence-electron chi connectivity index (χ1n) is 26.1. The van der Waals surface area contributed by atoms with Gasteiger partial charge >= 0.3 is 27.4 Å². The van der Waals surface area contributed by atoms with E-state index in [0.29, 0.717) is 31.0 Å². The minimum absolute atomic E-state index is 0.00315. The molecule has 77 heavy (non-hydrogen) atoms. The molecular formula is C50H72N12O13P2. The molecule has 0 bridgehead atoms. The SMILES string of the molecule is CCCC(CCC)COC(=O)[C@H](C)NP1(=O)OCC2(CO1)C/C2=C/n1cnc2c(=O)[nH]c(N)nc21.CCCC(CCC)COC(=O)[C@H](C)N[P@](=O)(OC[C@]1(CO)C/C1=C/n1cnc2c(=O)[nH]c(N)nc21)Oc1ccccc1. The number of nitrogens with zero attached hydrogens (tertiary/aromatic N) is 6. The molecule has 0 amide bonds. The molecule has 27 heteroatoms. The van der Waals surface area contributed by atoms with E-state index in [4.69, 9.17) is 39.0 Å². The molecule has 4 aromatic heterocycles. The van der Waals surface area contributed by atoms with Crippen LogP contribution in [-0.4, -0.2) is 108 Å². The fourth-order valence-corrected chi connectivity index (χ4v) is 12.2. The number of nitrogens with one attached hydrogen (secondary N) is 4. The standard InChI is InChI=1S/C28H39N6O7P.C22H33N6O6P/c1-4-9-20(10-5-2)15-39-26(37)19(3)33-42(38,41-22-11-7-6-8-12-22)40-17-28(16-35)13-21(28)14-34-18-30-23-24(34)31-27(29)32-25(23)36;1-4-6-15(7-5-2)10-32-20(30)14(3)27-35(31)33-11-22(12-34-35)8-16(22)9-28-13-24-17-18(28)25-21(23)26-19(17)29/h6-8,11-12,14,18-20,35H,4-5,9-10,13,15-17H2,1-3H3,(H,33,38)(H3,29,31,32,36);9,13-15H,4-8,10-12H2,1-3H3,(H,27,31)(H3,23,25,26,29)/b21-14-;16-9-/t19-,28+,42-;14-,22?,35?/m00/s1. The van der Waals surface area contributed by atoms with E-state index in [1.807, 2.05) is 0 Å². The van der Waals surface area contributed by atoms with E-state index >= 15 is 0 Å². The number of anilines is 2. The third-order valence-corrected chi connectivity index (χ3v) is 16.9. The van der Waals surface area contributed by atoms with Gasteiger partial charge in [-0.2, -0.15) is 15.1 Å². The summed E-state index contributed by atoms with van der Waals surface area (Å²) in [6, 6.07) is 6.64. The van der Waals surface area contributed by atoms with Crippen molar-refractivity contribution in [3.63, 3.8) is 0 Å². The zero-order valence-corrected chi connectivity index (χ0v) is 46.2. The molecule has 5 aromatic rings. The molecule has 2 aliphatic carbocycles. The number of aliphatic hydroxyl groups excluding tert-OH is 1. The smallest absolute Gasteiger partial charge is 0.459 e. The van der Waals surface area contributed by atoms with Crippen molar-refractivity contribution in [2.75, 3.05) is 51.1 Å². The maximum Gasteiger partial charge on any atom is 0.459 e. The molecule has 8 rings (SSSR count). The van der Waals surface area contributed by atoms with Crippen LogP contribution >= 0.6 is 15.5 Å². The number of esters is 2. The lowest BCUT2D eigenvalue weighted by atomic mass is 9.99. The van der Waals surface area contributed by atoms with E-state index in [2.05, 4.69) is 67.8 Å². The summed E-state index contributed by atoms with van der Waals surface area (Å²) >= 11 is 0. The van der Waals surface area contributed by atoms with Gasteiger partial charge in [-0.15, -0.1) is 0 Å². The van der Waals surface area contributed by atoms with Crippen LogP contribution in [-0.2, 0) is 41.8 Å². The van der Waals surface area contributed by atoms with E-state index in [9.17, 15) is 33.4 Å². The van der Waals surface area contributed by atoms with Crippen molar-refractivity contribution in [3.05, 3.63) is 74.8 Å².